The fourth-order valence-corrected chi connectivity index (χ4v) is 2.36. The number of amides is 1. The molecule has 2 N–H and O–H groups in total. The molecule has 1 amide bonds. The van der Waals surface area contributed by atoms with E-state index in [1.807, 2.05) is 20.8 Å². The highest BCUT2D eigenvalue weighted by atomic mass is 32.2. The molecule has 0 fully saturated rings. The zero-order valence-electron chi connectivity index (χ0n) is 12.8. The minimum absolute atomic E-state index is 0.0000976. The largest absolute Gasteiger partial charge is 0.343 e. The Labute approximate surface area is 128 Å². The summed E-state index contributed by atoms with van der Waals surface area (Å²) < 4.78 is 1.50. The number of nitrogens with one attached hydrogen (secondary N) is 2. The third kappa shape index (κ3) is 4.36. The average molecular weight is 311 g/mol. The number of hydrogen-bond donors (Lipinski definition) is 2. The van der Waals surface area contributed by atoms with Crippen LogP contribution in [0.25, 0.3) is 0 Å². The van der Waals surface area contributed by atoms with Gasteiger partial charge in [-0.3, -0.25) is 9.36 Å². The lowest BCUT2D eigenvalue weighted by atomic mass is 9.90. The molecule has 0 spiro atoms. The molecule has 0 saturated carbocycles. The van der Waals surface area contributed by atoms with Gasteiger partial charge in [-0.15, -0.1) is 5.10 Å². The van der Waals surface area contributed by atoms with Crippen molar-refractivity contribution in [1.82, 2.24) is 20.1 Å². The van der Waals surface area contributed by atoms with E-state index in [9.17, 15) is 14.9 Å². The van der Waals surface area contributed by atoms with Gasteiger partial charge in [0.25, 0.3) is 0 Å². The molecule has 1 atom stereocenters. The summed E-state index contributed by atoms with van der Waals surface area (Å²) in [5, 5.41) is 18.7. The molecule has 116 valence electrons. The number of aromatic amines is 1. The Morgan fingerprint density at radius 3 is 2.81 bits per heavy atom. The summed E-state index contributed by atoms with van der Waals surface area (Å²) in [4.78, 5) is 23.5. The van der Waals surface area contributed by atoms with E-state index in [4.69, 9.17) is 0 Å². The number of nitriles is 1. The third-order valence-electron chi connectivity index (χ3n) is 3.29. The average Bonchev–Trinajstić information content (AvgIpc) is 2.78. The molecule has 1 aromatic rings. The monoisotopic (exact) mass is 311 g/mol. The van der Waals surface area contributed by atoms with Gasteiger partial charge >= 0.3 is 5.69 Å². The van der Waals surface area contributed by atoms with Crippen LogP contribution in [-0.2, 0) is 11.3 Å². The van der Waals surface area contributed by atoms with Crippen molar-refractivity contribution in [1.29, 1.82) is 5.26 Å². The number of aromatic nitrogens is 3. The molecule has 0 aromatic carbocycles. The highest BCUT2D eigenvalue weighted by Crippen LogP contribution is 2.17. The first-order valence-corrected chi connectivity index (χ1v) is 7.82. The lowest BCUT2D eigenvalue weighted by molar-refractivity contribution is -0.120. The minimum Gasteiger partial charge on any atom is -0.337 e. The van der Waals surface area contributed by atoms with Crippen molar-refractivity contribution in [2.75, 3.05) is 5.75 Å². The fourth-order valence-electron chi connectivity index (χ4n) is 1.59. The molecule has 0 bridgehead atoms. The van der Waals surface area contributed by atoms with E-state index in [1.165, 1.54) is 16.3 Å². The van der Waals surface area contributed by atoms with E-state index in [0.717, 1.165) is 6.42 Å². The van der Waals surface area contributed by atoms with Crippen molar-refractivity contribution in [3.05, 3.63) is 10.5 Å². The van der Waals surface area contributed by atoms with E-state index in [2.05, 4.69) is 21.6 Å². The molecule has 8 heteroatoms. The molecule has 21 heavy (non-hydrogen) atoms. The predicted octanol–water partition coefficient (Wildman–Crippen LogP) is 1.13. The molecule has 1 unspecified atom stereocenters. The van der Waals surface area contributed by atoms with Gasteiger partial charge in [-0.1, -0.05) is 32.5 Å². The normalized spacial score (nSPS) is 13.7. The Kier molecular flexibility index (Phi) is 6.03. The Morgan fingerprint density at radius 2 is 2.29 bits per heavy atom. The summed E-state index contributed by atoms with van der Waals surface area (Å²) in [6.45, 7) is 7.97. The molecule has 1 rings (SSSR count). The SMILES string of the molecule is CCCn1c(SCC(=O)NC(C)(C#N)C(C)C)n[nH]c1=O. The van der Waals surface area contributed by atoms with Crippen molar-refractivity contribution in [3.63, 3.8) is 0 Å². The third-order valence-corrected chi connectivity index (χ3v) is 4.27. The molecular formula is C13H21N5O2S. The lowest BCUT2D eigenvalue weighted by Gasteiger charge is -2.27. The van der Waals surface area contributed by atoms with Crippen LogP contribution in [0.15, 0.2) is 9.95 Å². The van der Waals surface area contributed by atoms with Gasteiger partial charge in [0, 0.05) is 6.54 Å². The zero-order chi connectivity index (χ0) is 16.0. The second kappa shape index (κ2) is 7.31. The van der Waals surface area contributed by atoms with Crippen molar-refractivity contribution < 1.29 is 4.79 Å². The minimum atomic E-state index is -0.897. The van der Waals surface area contributed by atoms with Crippen LogP contribution in [-0.4, -0.2) is 32.0 Å². The number of rotatable bonds is 7. The summed E-state index contributed by atoms with van der Waals surface area (Å²) in [5.41, 5.74) is -1.17. The molecule has 0 aliphatic heterocycles. The van der Waals surface area contributed by atoms with Crippen LogP contribution < -0.4 is 11.0 Å². The van der Waals surface area contributed by atoms with Crippen molar-refractivity contribution >= 4 is 17.7 Å². The smallest absolute Gasteiger partial charge is 0.337 e. The molecule has 0 saturated heterocycles. The topological polar surface area (TPSA) is 104 Å². The van der Waals surface area contributed by atoms with Crippen LogP contribution in [0.1, 0.15) is 34.1 Å². The predicted molar refractivity (Wildman–Crippen MR) is 80.9 cm³/mol. The van der Waals surface area contributed by atoms with Gasteiger partial charge in [-0.25, -0.2) is 9.89 Å². The van der Waals surface area contributed by atoms with Gasteiger partial charge in [-0.05, 0) is 19.3 Å². The summed E-state index contributed by atoms with van der Waals surface area (Å²) >= 11 is 1.18. The van der Waals surface area contributed by atoms with E-state index < -0.39 is 5.54 Å². The molecule has 0 radical (unpaired) electrons. The van der Waals surface area contributed by atoms with Gasteiger partial charge in [0.05, 0.1) is 11.8 Å². The second-order valence-corrected chi connectivity index (χ2v) is 6.21. The first-order valence-electron chi connectivity index (χ1n) is 6.84. The Morgan fingerprint density at radius 1 is 1.62 bits per heavy atom. The number of carbonyl (C=O) groups is 1. The molecule has 7 nitrogen and oxygen atoms in total. The molecular weight excluding hydrogens is 290 g/mol. The van der Waals surface area contributed by atoms with Crippen LogP contribution in [0.3, 0.4) is 0 Å². The van der Waals surface area contributed by atoms with Crippen LogP contribution in [0.5, 0.6) is 0 Å². The van der Waals surface area contributed by atoms with E-state index in [-0.39, 0.29) is 23.3 Å². The fraction of sp³-hybridized carbons (Fsp3) is 0.692. The van der Waals surface area contributed by atoms with Crippen LogP contribution in [0.4, 0.5) is 0 Å². The molecule has 1 aromatic heterocycles. The second-order valence-electron chi connectivity index (χ2n) is 5.27. The standard InChI is InChI=1S/C13H21N5O2S/c1-5-6-18-11(20)16-17-12(18)21-7-10(19)15-13(4,8-14)9(2)3/h9H,5-7H2,1-4H3,(H,15,19)(H,16,20). The van der Waals surface area contributed by atoms with Gasteiger partial charge in [-0.2, -0.15) is 5.26 Å². The first-order chi connectivity index (χ1) is 9.84. The Bertz CT molecular complexity index is 586. The van der Waals surface area contributed by atoms with Crippen molar-refractivity contribution in [2.45, 2.75) is 51.4 Å². The van der Waals surface area contributed by atoms with E-state index >= 15 is 0 Å². The lowest BCUT2D eigenvalue weighted by Crippen LogP contribution is -2.49. The van der Waals surface area contributed by atoms with Crippen LogP contribution >= 0.6 is 11.8 Å². The van der Waals surface area contributed by atoms with Gasteiger partial charge < -0.3 is 5.32 Å². The zero-order valence-corrected chi connectivity index (χ0v) is 13.6. The number of thioether (sulfide) groups is 1. The molecule has 0 aliphatic carbocycles. The highest BCUT2D eigenvalue weighted by Gasteiger charge is 2.29. The van der Waals surface area contributed by atoms with Gasteiger partial charge in [0.2, 0.25) is 5.91 Å². The van der Waals surface area contributed by atoms with Crippen LogP contribution in [0.2, 0.25) is 0 Å². The van der Waals surface area contributed by atoms with Crippen molar-refractivity contribution in [2.24, 2.45) is 5.92 Å². The summed E-state index contributed by atoms with van der Waals surface area (Å²) in [7, 11) is 0. The molecule has 1 heterocycles. The first kappa shape index (κ1) is 17.3. The quantitative estimate of drug-likeness (QED) is 0.735. The maximum absolute atomic E-state index is 12.0. The molecule has 0 aliphatic rings. The number of nitrogens with zero attached hydrogens (tertiary/aromatic N) is 3. The summed E-state index contributed by atoms with van der Waals surface area (Å²) in [6, 6.07) is 2.12. The van der Waals surface area contributed by atoms with E-state index in [0.29, 0.717) is 11.7 Å². The summed E-state index contributed by atoms with van der Waals surface area (Å²) in [6.07, 6.45) is 0.805. The van der Waals surface area contributed by atoms with Gasteiger partial charge in [0.1, 0.15) is 5.54 Å². The van der Waals surface area contributed by atoms with Gasteiger partial charge in [0.15, 0.2) is 5.16 Å². The number of carbonyl (C=O) groups excluding carboxylic acids is 1. The summed E-state index contributed by atoms with van der Waals surface area (Å²) in [5.74, 6) is -0.144. The number of H-pyrrole nitrogens is 1. The van der Waals surface area contributed by atoms with Crippen molar-refractivity contribution in [3.8, 4) is 6.07 Å². The Balaban J connectivity index is 2.66. The maximum atomic E-state index is 12.0. The number of hydrogen-bond acceptors (Lipinski definition) is 5. The maximum Gasteiger partial charge on any atom is 0.343 e. The van der Waals surface area contributed by atoms with E-state index in [1.54, 1.807) is 6.92 Å². The van der Waals surface area contributed by atoms with Crippen LogP contribution in [0, 0.1) is 17.2 Å². The highest BCUT2D eigenvalue weighted by molar-refractivity contribution is 7.99. The Hall–Kier alpha value is -1.75.